The normalized spacial score (nSPS) is 26.1. The summed E-state index contributed by atoms with van der Waals surface area (Å²) < 4.78 is 0. The smallest absolute Gasteiger partial charge is 0.220 e. The van der Waals surface area contributed by atoms with Gasteiger partial charge in [-0.2, -0.15) is 0 Å². The molecule has 0 bridgehead atoms. The van der Waals surface area contributed by atoms with Crippen LogP contribution in [0.15, 0.2) is 11.4 Å². The number of carbonyl (C=O) groups excluding carboxylic acids is 1. The van der Waals surface area contributed by atoms with E-state index in [0.29, 0.717) is 12.5 Å². The van der Waals surface area contributed by atoms with Gasteiger partial charge in [0.05, 0.1) is 6.04 Å². The summed E-state index contributed by atoms with van der Waals surface area (Å²) >= 11 is 1.83. The molecule has 2 N–H and O–H groups in total. The Morgan fingerprint density at radius 2 is 2.37 bits per heavy atom. The molecule has 1 aromatic heterocycles. The van der Waals surface area contributed by atoms with Crippen molar-refractivity contribution in [2.75, 3.05) is 6.54 Å². The maximum atomic E-state index is 12.1. The van der Waals surface area contributed by atoms with Crippen LogP contribution in [0.2, 0.25) is 0 Å². The Kier molecular flexibility index (Phi) is 4.18. The highest BCUT2D eigenvalue weighted by molar-refractivity contribution is 7.10. The van der Waals surface area contributed by atoms with Crippen molar-refractivity contribution in [1.82, 2.24) is 10.6 Å². The molecule has 1 fully saturated rings. The van der Waals surface area contributed by atoms with Gasteiger partial charge >= 0.3 is 0 Å². The molecule has 19 heavy (non-hydrogen) atoms. The minimum Gasteiger partial charge on any atom is -0.349 e. The first kappa shape index (κ1) is 13.1. The molecular formula is C15H22N2OS. The predicted octanol–water partition coefficient (Wildman–Crippen LogP) is 2.77. The zero-order chi connectivity index (χ0) is 13.1. The molecule has 0 radical (unpaired) electrons. The zero-order valence-corrected chi connectivity index (χ0v) is 12.1. The van der Waals surface area contributed by atoms with Gasteiger partial charge in [0.2, 0.25) is 5.91 Å². The van der Waals surface area contributed by atoms with Gasteiger partial charge in [-0.1, -0.05) is 0 Å². The number of amides is 1. The molecule has 0 saturated carbocycles. The van der Waals surface area contributed by atoms with Crippen LogP contribution < -0.4 is 10.6 Å². The highest BCUT2D eigenvalue weighted by Crippen LogP contribution is 2.33. The molecule has 2 aliphatic rings. The fourth-order valence-corrected chi connectivity index (χ4v) is 4.20. The molecule has 4 heteroatoms. The monoisotopic (exact) mass is 278 g/mol. The van der Waals surface area contributed by atoms with Crippen LogP contribution >= 0.6 is 11.3 Å². The van der Waals surface area contributed by atoms with Crippen molar-refractivity contribution < 1.29 is 4.79 Å². The first-order valence-corrected chi connectivity index (χ1v) is 8.30. The summed E-state index contributed by atoms with van der Waals surface area (Å²) in [6.45, 7) is 1.12. The molecule has 2 heterocycles. The van der Waals surface area contributed by atoms with Gasteiger partial charge in [0.15, 0.2) is 0 Å². The molecule has 3 nitrogen and oxygen atoms in total. The van der Waals surface area contributed by atoms with Gasteiger partial charge in [0, 0.05) is 17.3 Å². The Balaban J connectivity index is 1.50. The molecule has 1 amide bonds. The second-order valence-corrected chi connectivity index (χ2v) is 6.64. The van der Waals surface area contributed by atoms with Crippen LogP contribution in [0.1, 0.15) is 55.0 Å². The summed E-state index contributed by atoms with van der Waals surface area (Å²) in [5.41, 5.74) is 1.36. The number of nitrogens with one attached hydrogen (secondary N) is 2. The van der Waals surface area contributed by atoms with Gasteiger partial charge in [-0.3, -0.25) is 4.79 Å². The van der Waals surface area contributed by atoms with Crippen LogP contribution in [-0.2, 0) is 11.2 Å². The van der Waals surface area contributed by atoms with E-state index in [0.717, 1.165) is 19.4 Å². The minimum atomic E-state index is 0.220. The maximum absolute atomic E-state index is 12.1. The average molecular weight is 278 g/mol. The molecule has 3 rings (SSSR count). The largest absolute Gasteiger partial charge is 0.349 e. The van der Waals surface area contributed by atoms with Crippen molar-refractivity contribution in [1.29, 1.82) is 0 Å². The molecule has 104 valence electrons. The van der Waals surface area contributed by atoms with Crippen LogP contribution in [0.4, 0.5) is 0 Å². The van der Waals surface area contributed by atoms with Crippen molar-refractivity contribution in [2.45, 2.75) is 57.0 Å². The first-order chi connectivity index (χ1) is 9.33. The van der Waals surface area contributed by atoms with Crippen LogP contribution in [0, 0.1) is 0 Å². The lowest BCUT2D eigenvalue weighted by Gasteiger charge is -2.24. The summed E-state index contributed by atoms with van der Waals surface area (Å²) in [5, 5.41) is 8.82. The van der Waals surface area contributed by atoms with Gasteiger partial charge in [0.1, 0.15) is 0 Å². The number of rotatable bonds is 4. The van der Waals surface area contributed by atoms with Crippen molar-refractivity contribution in [3.05, 3.63) is 21.9 Å². The van der Waals surface area contributed by atoms with Crippen molar-refractivity contribution in [3.8, 4) is 0 Å². The van der Waals surface area contributed by atoms with E-state index in [2.05, 4.69) is 22.1 Å². The SMILES string of the molecule is O=C(CCC1CCCN1)NC1CCCc2sccc21. The molecule has 2 atom stereocenters. The summed E-state index contributed by atoms with van der Waals surface area (Å²) in [5.74, 6) is 0.220. The van der Waals surface area contributed by atoms with Crippen molar-refractivity contribution in [3.63, 3.8) is 0 Å². The Labute approximate surface area is 118 Å². The van der Waals surface area contributed by atoms with Crippen LogP contribution in [0.5, 0.6) is 0 Å². The summed E-state index contributed by atoms with van der Waals surface area (Å²) in [7, 11) is 0. The highest BCUT2D eigenvalue weighted by atomic mass is 32.1. The van der Waals surface area contributed by atoms with Crippen molar-refractivity contribution >= 4 is 17.2 Å². The van der Waals surface area contributed by atoms with Crippen molar-refractivity contribution in [2.24, 2.45) is 0 Å². The Hall–Kier alpha value is -0.870. The van der Waals surface area contributed by atoms with E-state index in [1.54, 1.807) is 0 Å². The fraction of sp³-hybridized carbons (Fsp3) is 0.667. The van der Waals surface area contributed by atoms with Gasteiger partial charge in [-0.05, 0) is 62.1 Å². The second-order valence-electron chi connectivity index (χ2n) is 5.64. The third-order valence-corrected chi connectivity index (χ3v) is 5.27. The number of hydrogen-bond donors (Lipinski definition) is 2. The fourth-order valence-electron chi connectivity index (χ4n) is 3.21. The Morgan fingerprint density at radius 1 is 1.42 bits per heavy atom. The lowest BCUT2D eigenvalue weighted by atomic mass is 9.94. The lowest BCUT2D eigenvalue weighted by molar-refractivity contribution is -0.122. The molecule has 0 spiro atoms. The van der Waals surface area contributed by atoms with E-state index < -0.39 is 0 Å². The molecule has 1 aliphatic heterocycles. The number of aryl methyl sites for hydroxylation is 1. The average Bonchev–Trinajstić information content (AvgIpc) is 3.08. The maximum Gasteiger partial charge on any atom is 0.220 e. The standard InChI is InChI=1S/C15H22N2OS/c18-15(7-6-11-3-2-9-16-11)17-13-4-1-5-14-12(13)8-10-19-14/h8,10-11,13,16H,1-7,9H2,(H,17,18). The molecular weight excluding hydrogens is 256 g/mol. The number of thiophene rings is 1. The molecule has 1 aromatic rings. The Bertz CT molecular complexity index is 437. The van der Waals surface area contributed by atoms with Gasteiger partial charge in [-0.15, -0.1) is 11.3 Å². The van der Waals surface area contributed by atoms with Gasteiger partial charge < -0.3 is 10.6 Å². The number of carbonyl (C=O) groups is 1. The van der Waals surface area contributed by atoms with E-state index >= 15 is 0 Å². The third kappa shape index (κ3) is 3.18. The summed E-state index contributed by atoms with van der Waals surface area (Å²) in [6.07, 6.45) is 7.60. The van der Waals surface area contributed by atoms with E-state index in [4.69, 9.17) is 0 Å². The van der Waals surface area contributed by atoms with Crippen LogP contribution in [-0.4, -0.2) is 18.5 Å². The first-order valence-electron chi connectivity index (χ1n) is 7.42. The van der Waals surface area contributed by atoms with E-state index in [1.807, 2.05) is 11.3 Å². The third-order valence-electron chi connectivity index (χ3n) is 4.27. The Morgan fingerprint density at radius 3 is 3.21 bits per heavy atom. The van der Waals surface area contributed by atoms with E-state index in [1.165, 1.54) is 36.1 Å². The van der Waals surface area contributed by atoms with Crippen LogP contribution in [0.3, 0.4) is 0 Å². The predicted molar refractivity (Wildman–Crippen MR) is 78.4 cm³/mol. The van der Waals surface area contributed by atoms with Crippen LogP contribution in [0.25, 0.3) is 0 Å². The molecule has 2 unspecified atom stereocenters. The van der Waals surface area contributed by atoms with Gasteiger partial charge in [0.25, 0.3) is 0 Å². The topological polar surface area (TPSA) is 41.1 Å². The summed E-state index contributed by atoms with van der Waals surface area (Å²) in [4.78, 5) is 13.5. The molecule has 0 aromatic carbocycles. The minimum absolute atomic E-state index is 0.220. The second kappa shape index (κ2) is 6.06. The quantitative estimate of drug-likeness (QED) is 0.889. The number of hydrogen-bond acceptors (Lipinski definition) is 3. The zero-order valence-electron chi connectivity index (χ0n) is 11.3. The highest BCUT2D eigenvalue weighted by Gasteiger charge is 2.23. The van der Waals surface area contributed by atoms with E-state index in [9.17, 15) is 4.79 Å². The molecule has 1 aliphatic carbocycles. The summed E-state index contributed by atoms with van der Waals surface area (Å²) in [6, 6.07) is 3.01. The number of fused-ring (bicyclic) bond motifs is 1. The van der Waals surface area contributed by atoms with Gasteiger partial charge in [-0.25, -0.2) is 0 Å². The molecule has 1 saturated heterocycles. The lowest BCUT2D eigenvalue weighted by Crippen LogP contribution is -2.31. The van der Waals surface area contributed by atoms with E-state index in [-0.39, 0.29) is 11.9 Å².